The molecule has 2 aromatic carbocycles. The molecule has 9 nitrogen and oxygen atoms in total. The maximum atomic E-state index is 12.7. The average molecular weight is 371 g/mol. The summed E-state index contributed by atoms with van der Waals surface area (Å²) in [5, 5.41) is 11.7. The number of hydrogen-bond donors (Lipinski definition) is 3. The van der Waals surface area contributed by atoms with Gasteiger partial charge >= 0.3 is 0 Å². The number of aromatic amines is 1. The van der Waals surface area contributed by atoms with E-state index in [4.69, 9.17) is 11.0 Å². The lowest BCUT2D eigenvalue weighted by Crippen LogP contribution is -2.23. The molecule has 0 aliphatic carbocycles. The van der Waals surface area contributed by atoms with Gasteiger partial charge < -0.3 is 16.0 Å². The van der Waals surface area contributed by atoms with Crippen molar-refractivity contribution in [2.75, 3.05) is 5.32 Å². The number of fused-ring (bicyclic) bond motifs is 1. The number of carbonyl (C=O) groups is 2. The van der Waals surface area contributed by atoms with Gasteiger partial charge in [0.15, 0.2) is 5.69 Å². The van der Waals surface area contributed by atoms with Crippen molar-refractivity contribution >= 4 is 28.5 Å². The molecule has 9 heteroatoms. The number of benzene rings is 2. The van der Waals surface area contributed by atoms with Crippen LogP contribution in [0.15, 0.2) is 54.9 Å². The highest BCUT2D eigenvalue weighted by Crippen LogP contribution is 2.19. The highest BCUT2D eigenvalue weighted by molar-refractivity contribution is 6.10. The summed E-state index contributed by atoms with van der Waals surface area (Å²) in [5.74, 6) is -1.19. The maximum absolute atomic E-state index is 12.7. The van der Waals surface area contributed by atoms with E-state index in [1.54, 1.807) is 24.3 Å². The molecule has 0 atom stereocenters. The molecule has 2 heterocycles. The van der Waals surface area contributed by atoms with Crippen LogP contribution in [-0.4, -0.2) is 31.3 Å². The number of primary amides is 1. The van der Waals surface area contributed by atoms with Crippen molar-refractivity contribution in [3.8, 4) is 12.0 Å². The molecule has 28 heavy (non-hydrogen) atoms. The number of rotatable bonds is 4. The first-order valence-electron chi connectivity index (χ1n) is 8.21. The van der Waals surface area contributed by atoms with E-state index in [1.165, 1.54) is 10.9 Å². The number of imidazole rings is 2. The molecular formula is C19H13N7O2. The molecule has 0 saturated heterocycles. The third-order valence-electron chi connectivity index (χ3n) is 4.12. The van der Waals surface area contributed by atoms with Gasteiger partial charge in [-0.3, -0.25) is 14.2 Å². The highest BCUT2D eigenvalue weighted by atomic mass is 16.2. The molecule has 0 spiro atoms. The van der Waals surface area contributed by atoms with Crippen molar-refractivity contribution in [2.24, 2.45) is 5.73 Å². The monoisotopic (exact) mass is 371 g/mol. The standard InChI is InChI=1S/C19H13N7O2/c20-9-11-5-1-2-6-12(11)23-18(28)15-16(17(21)27)26(10-22-15)19-24-13-7-3-4-8-14(13)25-19/h1-8,10H,(H2,21,27)(H,23,28)(H,24,25). The molecule has 0 aliphatic rings. The fourth-order valence-electron chi connectivity index (χ4n) is 2.84. The van der Waals surface area contributed by atoms with E-state index in [2.05, 4.69) is 20.3 Å². The van der Waals surface area contributed by atoms with Crippen LogP contribution in [0.25, 0.3) is 17.0 Å². The SMILES string of the molecule is N#Cc1ccccc1NC(=O)c1ncn(-c2nc3ccccc3[nH]2)c1C(N)=O. The summed E-state index contributed by atoms with van der Waals surface area (Å²) >= 11 is 0. The van der Waals surface area contributed by atoms with Gasteiger partial charge in [-0.2, -0.15) is 5.26 Å². The van der Waals surface area contributed by atoms with Crippen molar-refractivity contribution < 1.29 is 9.59 Å². The van der Waals surface area contributed by atoms with Gasteiger partial charge in [0.05, 0.1) is 22.3 Å². The van der Waals surface area contributed by atoms with Crippen LogP contribution in [0.3, 0.4) is 0 Å². The minimum atomic E-state index is -0.836. The third kappa shape index (κ3) is 2.85. The predicted molar refractivity (Wildman–Crippen MR) is 101 cm³/mol. The van der Waals surface area contributed by atoms with Gasteiger partial charge in [-0.25, -0.2) is 9.97 Å². The first-order valence-corrected chi connectivity index (χ1v) is 8.21. The number of nitrogens with zero attached hydrogens (tertiary/aromatic N) is 4. The number of amides is 2. The number of H-pyrrole nitrogens is 1. The van der Waals surface area contributed by atoms with Gasteiger partial charge in [0.2, 0.25) is 5.95 Å². The molecule has 0 saturated carbocycles. The Balaban J connectivity index is 1.75. The molecule has 0 bridgehead atoms. The minimum absolute atomic E-state index is 0.119. The van der Waals surface area contributed by atoms with Crippen LogP contribution in [0.2, 0.25) is 0 Å². The number of para-hydroxylation sites is 3. The Morgan fingerprint density at radius 2 is 1.89 bits per heavy atom. The smallest absolute Gasteiger partial charge is 0.276 e. The first kappa shape index (κ1) is 17.0. The van der Waals surface area contributed by atoms with Crippen molar-refractivity contribution in [1.29, 1.82) is 5.26 Å². The van der Waals surface area contributed by atoms with E-state index in [1.807, 2.05) is 30.3 Å². The number of aromatic nitrogens is 4. The van der Waals surface area contributed by atoms with E-state index >= 15 is 0 Å². The van der Waals surface area contributed by atoms with Gasteiger partial charge in [0.25, 0.3) is 11.8 Å². The van der Waals surface area contributed by atoms with Gasteiger partial charge in [0.1, 0.15) is 18.1 Å². The molecule has 2 amide bonds. The Labute approximate surface area is 158 Å². The predicted octanol–water partition coefficient (Wildman–Crippen LogP) is 1.97. The molecule has 0 radical (unpaired) electrons. The zero-order chi connectivity index (χ0) is 19.7. The van der Waals surface area contributed by atoms with Gasteiger partial charge in [-0.1, -0.05) is 24.3 Å². The van der Waals surface area contributed by atoms with Crippen LogP contribution in [0.1, 0.15) is 26.5 Å². The number of nitriles is 1. The topological polar surface area (TPSA) is 142 Å². The number of anilines is 1. The number of carbonyl (C=O) groups excluding carboxylic acids is 2. The third-order valence-corrected chi connectivity index (χ3v) is 4.12. The Hall–Kier alpha value is -4.45. The molecule has 0 unspecified atom stereocenters. The van der Waals surface area contributed by atoms with Crippen LogP contribution >= 0.6 is 0 Å². The zero-order valence-electron chi connectivity index (χ0n) is 14.4. The molecule has 2 aromatic heterocycles. The first-order chi connectivity index (χ1) is 13.6. The van der Waals surface area contributed by atoms with Crippen LogP contribution in [0.4, 0.5) is 5.69 Å². The van der Waals surface area contributed by atoms with Gasteiger partial charge in [-0.05, 0) is 24.3 Å². The lowest BCUT2D eigenvalue weighted by Gasteiger charge is -2.07. The molecule has 4 N–H and O–H groups in total. The number of nitrogens with two attached hydrogens (primary N) is 1. The van der Waals surface area contributed by atoms with Gasteiger partial charge in [-0.15, -0.1) is 0 Å². The second-order valence-electron chi connectivity index (χ2n) is 5.87. The molecular weight excluding hydrogens is 358 g/mol. The summed E-state index contributed by atoms with van der Waals surface area (Å²) in [6.45, 7) is 0. The molecule has 0 fully saturated rings. The minimum Gasteiger partial charge on any atom is -0.364 e. The van der Waals surface area contributed by atoms with Crippen molar-refractivity contribution in [3.63, 3.8) is 0 Å². The fraction of sp³-hybridized carbons (Fsp3) is 0. The highest BCUT2D eigenvalue weighted by Gasteiger charge is 2.24. The van der Waals surface area contributed by atoms with Crippen molar-refractivity contribution in [1.82, 2.24) is 19.5 Å². The van der Waals surface area contributed by atoms with E-state index in [0.717, 1.165) is 5.52 Å². The largest absolute Gasteiger partial charge is 0.364 e. The van der Waals surface area contributed by atoms with Crippen LogP contribution < -0.4 is 11.1 Å². The Kier molecular flexibility index (Phi) is 4.06. The summed E-state index contributed by atoms with van der Waals surface area (Å²) in [6, 6.07) is 15.8. The van der Waals surface area contributed by atoms with Crippen LogP contribution in [0, 0.1) is 11.3 Å². The molecule has 0 aliphatic heterocycles. The van der Waals surface area contributed by atoms with Crippen LogP contribution in [-0.2, 0) is 0 Å². The fourth-order valence-corrected chi connectivity index (χ4v) is 2.84. The van der Waals surface area contributed by atoms with Crippen LogP contribution in [0.5, 0.6) is 0 Å². The second-order valence-corrected chi connectivity index (χ2v) is 5.87. The van der Waals surface area contributed by atoms with Crippen molar-refractivity contribution in [3.05, 3.63) is 71.8 Å². The second kappa shape index (κ2) is 6.69. The number of nitrogens with one attached hydrogen (secondary N) is 2. The summed E-state index contributed by atoms with van der Waals surface area (Å²) in [7, 11) is 0. The lowest BCUT2D eigenvalue weighted by molar-refractivity contribution is 0.0970. The van der Waals surface area contributed by atoms with E-state index in [0.29, 0.717) is 17.2 Å². The van der Waals surface area contributed by atoms with E-state index in [9.17, 15) is 9.59 Å². The Morgan fingerprint density at radius 3 is 2.64 bits per heavy atom. The number of hydrogen-bond acceptors (Lipinski definition) is 5. The molecule has 4 aromatic rings. The molecule has 4 rings (SSSR count). The zero-order valence-corrected chi connectivity index (χ0v) is 14.4. The van der Waals surface area contributed by atoms with E-state index < -0.39 is 11.8 Å². The molecule has 136 valence electrons. The van der Waals surface area contributed by atoms with Gasteiger partial charge in [0, 0.05) is 0 Å². The summed E-state index contributed by atoms with van der Waals surface area (Å²) in [6.07, 6.45) is 1.29. The summed E-state index contributed by atoms with van der Waals surface area (Å²) in [4.78, 5) is 36.2. The Bertz CT molecular complexity index is 1230. The van der Waals surface area contributed by atoms with E-state index in [-0.39, 0.29) is 17.0 Å². The maximum Gasteiger partial charge on any atom is 0.276 e. The van der Waals surface area contributed by atoms with Crippen molar-refractivity contribution in [2.45, 2.75) is 0 Å². The Morgan fingerprint density at radius 1 is 1.14 bits per heavy atom. The normalized spacial score (nSPS) is 10.5. The quantitative estimate of drug-likeness (QED) is 0.502. The lowest BCUT2D eigenvalue weighted by atomic mass is 10.2. The summed E-state index contributed by atoms with van der Waals surface area (Å²) < 4.78 is 1.33. The average Bonchev–Trinajstić information content (AvgIpc) is 3.32. The summed E-state index contributed by atoms with van der Waals surface area (Å²) in [5.41, 5.74) is 7.26.